The molecule has 7 nitrogen and oxygen atoms in total. The molecule has 3 aromatic rings. The number of fused-ring (bicyclic) bond motifs is 1. The van der Waals surface area contributed by atoms with Gasteiger partial charge in [0, 0.05) is 18.2 Å². The SMILES string of the molecule is COc1ccc2cc(N(NCc3ccccc3C(=O)NC(C)C)C(=O)OC(C)(C)C)ccc2c1. The molecule has 0 atom stereocenters. The van der Waals surface area contributed by atoms with E-state index < -0.39 is 11.7 Å². The molecule has 2 amide bonds. The van der Waals surface area contributed by atoms with E-state index in [0.29, 0.717) is 11.3 Å². The van der Waals surface area contributed by atoms with Crippen LogP contribution in [0.4, 0.5) is 10.5 Å². The second kappa shape index (κ2) is 10.6. The van der Waals surface area contributed by atoms with E-state index in [1.165, 1.54) is 5.01 Å². The zero-order valence-electron chi connectivity index (χ0n) is 20.6. The fourth-order valence-corrected chi connectivity index (χ4v) is 3.45. The van der Waals surface area contributed by atoms with Crippen LogP contribution in [0, 0.1) is 0 Å². The first-order valence-corrected chi connectivity index (χ1v) is 11.3. The number of hydrazine groups is 1. The molecule has 0 bridgehead atoms. The van der Waals surface area contributed by atoms with Gasteiger partial charge in [-0.25, -0.2) is 15.2 Å². The summed E-state index contributed by atoms with van der Waals surface area (Å²) in [6.45, 7) is 9.54. The van der Waals surface area contributed by atoms with Crippen molar-refractivity contribution >= 4 is 28.5 Å². The molecule has 34 heavy (non-hydrogen) atoms. The zero-order valence-corrected chi connectivity index (χ0v) is 20.6. The summed E-state index contributed by atoms with van der Waals surface area (Å²) < 4.78 is 11.0. The van der Waals surface area contributed by atoms with Crippen LogP contribution in [0.2, 0.25) is 0 Å². The molecule has 0 aromatic heterocycles. The van der Waals surface area contributed by atoms with Crippen molar-refractivity contribution in [2.45, 2.75) is 52.8 Å². The fraction of sp³-hybridized carbons (Fsp3) is 0.333. The Kier molecular flexibility index (Phi) is 7.79. The van der Waals surface area contributed by atoms with Gasteiger partial charge in [0.1, 0.15) is 11.4 Å². The molecule has 0 aliphatic heterocycles. The number of carbonyl (C=O) groups excluding carboxylic acids is 2. The molecule has 0 saturated carbocycles. The summed E-state index contributed by atoms with van der Waals surface area (Å²) in [6, 6.07) is 18.8. The summed E-state index contributed by atoms with van der Waals surface area (Å²) in [4.78, 5) is 25.8. The van der Waals surface area contributed by atoms with Crippen molar-refractivity contribution in [3.63, 3.8) is 0 Å². The topological polar surface area (TPSA) is 79.9 Å². The summed E-state index contributed by atoms with van der Waals surface area (Å²) in [7, 11) is 1.63. The molecule has 0 unspecified atom stereocenters. The van der Waals surface area contributed by atoms with E-state index in [2.05, 4.69) is 10.7 Å². The number of hydrogen-bond donors (Lipinski definition) is 2. The molecule has 0 saturated heterocycles. The lowest BCUT2D eigenvalue weighted by Gasteiger charge is -2.28. The molecular formula is C27H33N3O4. The van der Waals surface area contributed by atoms with Gasteiger partial charge in [0.05, 0.1) is 12.8 Å². The number of nitrogens with one attached hydrogen (secondary N) is 2. The van der Waals surface area contributed by atoms with Crippen LogP contribution in [0.1, 0.15) is 50.5 Å². The van der Waals surface area contributed by atoms with Gasteiger partial charge < -0.3 is 14.8 Å². The maximum atomic E-state index is 13.1. The minimum absolute atomic E-state index is 0.0167. The van der Waals surface area contributed by atoms with Gasteiger partial charge in [0.2, 0.25) is 0 Å². The van der Waals surface area contributed by atoms with Crippen molar-refractivity contribution < 1.29 is 19.1 Å². The minimum Gasteiger partial charge on any atom is -0.497 e. The summed E-state index contributed by atoms with van der Waals surface area (Å²) in [5.74, 6) is 0.606. The largest absolute Gasteiger partial charge is 0.497 e. The van der Waals surface area contributed by atoms with Crippen molar-refractivity contribution in [3.05, 3.63) is 71.8 Å². The quantitative estimate of drug-likeness (QED) is 0.457. The van der Waals surface area contributed by atoms with Crippen molar-refractivity contribution in [2.75, 3.05) is 12.1 Å². The highest BCUT2D eigenvalue weighted by atomic mass is 16.6. The molecule has 0 fully saturated rings. The average Bonchev–Trinajstić information content (AvgIpc) is 2.77. The first-order chi connectivity index (χ1) is 16.1. The number of amides is 2. The van der Waals surface area contributed by atoms with Crippen LogP contribution in [0.3, 0.4) is 0 Å². The van der Waals surface area contributed by atoms with Gasteiger partial charge in [-0.3, -0.25) is 4.79 Å². The van der Waals surface area contributed by atoms with Crippen LogP contribution >= 0.6 is 0 Å². The maximum absolute atomic E-state index is 13.1. The third-order valence-electron chi connectivity index (χ3n) is 4.97. The molecule has 2 N–H and O–H groups in total. The number of methoxy groups -OCH3 is 1. The molecule has 180 valence electrons. The van der Waals surface area contributed by atoms with E-state index in [-0.39, 0.29) is 18.5 Å². The van der Waals surface area contributed by atoms with E-state index >= 15 is 0 Å². The van der Waals surface area contributed by atoms with Crippen LogP contribution in [0.15, 0.2) is 60.7 Å². The lowest BCUT2D eigenvalue weighted by atomic mass is 10.1. The van der Waals surface area contributed by atoms with Crippen molar-refractivity contribution in [2.24, 2.45) is 0 Å². The standard InChI is InChI=1S/C27H33N3O4/c1-18(2)29-25(31)24-10-8-7-9-21(24)17-28-30(26(32)34-27(3,4)5)22-13-11-20-16-23(33-6)14-12-19(20)15-22/h7-16,18,28H,17H2,1-6H3,(H,29,31). The lowest BCUT2D eigenvalue weighted by Crippen LogP contribution is -2.45. The highest BCUT2D eigenvalue weighted by Crippen LogP contribution is 2.26. The predicted molar refractivity (Wildman–Crippen MR) is 135 cm³/mol. The van der Waals surface area contributed by atoms with Gasteiger partial charge in [-0.15, -0.1) is 0 Å². The van der Waals surface area contributed by atoms with Gasteiger partial charge >= 0.3 is 6.09 Å². The van der Waals surface area contributed by atoms with Gasteiger partial charge in [-0.2, -0.15) is 0 Å². The number of nitrogens with zero attached hydrogens (tertiary/aromatic N) is 1. The van der Waals surface area contributed by atoms with Crippen molar-refractivity contribution in [1.82, 2.24) is 10.7 Å². The number of benzene rings is 3. The Bertz CT molecular complexity index is 1170. The number of ether oxygens (including phenoxy) is 2. The van der Waals surface area contributed by atoms with Crippen LogP contribution in [-0.4, -0.2) is 30.8 Å². The molecule has 0 spiro atoms. The van der Waals surface area contributed by atoms with E-state index in [1.54, 1.807) is 13.2 Å². The summed E-state index contributed by atoms with van der Waals surface area (Å²) in [5.41, 5.74) is 4.43. The smallest absolute Gasteiger partial charge is 0.429 e. The Balaban J connectivity index is 1.92. The van der Waals surface area contributed by atoms with E-state index in [4.69, 9.17) is 9.47 Å². The van der Waals surface area contributed by atoms with Crippen LogP contribution in [0.5, 0.6) is 5.75 Å². The highest BCUT2D eigenvalue weighted by molar-refractivity contribution is 5.96. The lowest BCUT2D eigenvalue weighted by molar-refractivity contribution is 0.0560. The number of rotatable bonds is 7. The van der Waals surface area contributed by atoms with Gasteiger partial charge in [0.25, 0.3) is 5.91 Å². The van der Waals surface area contributed by atoms with Crippen LogP contribution in [0.25, 0.3) is 10.8 Å². The van der Waals surface area contributed by atoms with E-state index in [0.717, 1.165) is 22.1 Å². The zero-order chi connectivity index (χ0) is 24.9. The maximum Gasteiger partial charge on any atom is 0.429 e. The molecule has 0 radical (unpaired) electrons. The van der Waals surface area contributed by atoms with E-state index in [9.17, 15) is 9.59 Å². The molecular weight excluding hydrogens is 430 g/mol. The molecule has 3 aromatic carbocycles. The van der Waals surface area contributed by atoms with Crippen LogP contribution < -0.4 is 20.5 Å². The summed E-state index contributed by atoms with van der Waals surface area (Å²) in [6.07, 6.45) is -0.538. The number of anilines is 1. The normalized spacial score (nSPS) is 11.4. The Morgan fingerprint density at radius 2 is 1.65 bits per heavy atom. The minimum atomic E-state index is -0.670. The predicted octanol–water partition coefficient (Wildman–Crippen LogP) is 5.43. The molecule has 7 heteroatoms. The third-order valence-corrected chi connectivity index (χ3v) is 4.97. The molecule has 3 rings (SSSR count). The van der Waals surface area contributed by atoms with Gasteiger partial charge in [-0.05, 0) is 81.3 Å². The summed E-state index contributed by atoms with van der Waals surface area (Å²) in [5, 5.41) is 6.24. The third kappa shape index (κ3) is 6.48. The Morgan fingerprint density at radius 3 is 2.32 bits per heavy atom. The summed E-state index contributed by atoms with van der Waals surface area (Å²) >= 11 is 0. The Hall–Kier alpha value is -3.58. The number of carbonyl (C=O) groups is 2. The monoisotopic (exact) mass is 463 g/mol. The molecule has 0 aliphatic carbocycles. The van der Waals surface area contributed by atoms with Crippen molar-refractivity contribution in [3.8, 4) is 5.75 Å². The second-order valence-corrected chi connectivity index (χ2v) is 9.33. The second-order valence-electron chi connectivity index (χ2n) is 9.33. The first-order valence-electron chi connectivity index (χ1n) is 11.3. The Labute approximate surface area is 201 Å². The fourth-order valence-electron chi connectivity index (χ4n) is 3.45. The Morgan fingerprint density at radius 1 is 0.971 bits per heavy atom. The average molecular weight is 464 g/mol. The van der Waals surface area contributed by atoms with E-state index in [1.807, 2.05) is 89.2 Å². The molecule has 0 heterocycles. The van der Waals surface area contributed by atoms with Gasteiger partial charge in [0.15, 0.2) is 0 Å². The van der Waals surface area contributed by atoms with Gasteiger partial charge in [-0.1, -0.05) is 30.3 Å². The molecule has 0 aliphatic rings. The van der Waals surface area contributed by atoms with Crippen molar-refractivity contribution in [1.29, 1.82) is 0 Å². The highest BCUT2D eigenvalue weighted by Gasteiger charge is 2.24. The number of hydrogen-bond acceptors (Lipinski definition) is 5. The van der Waals surface area contributed by atoms with Crippen LogP contribution in [-0.2, 0) is 11.3 Å². The first kappa shape index (κ1) is 25.1.